The van der Waals surface area contributed by atoms with Crippen LogP contribution in [-0.4, -0.2) is 51.6 Å². The van der Waals surface area contributed by atoms with Crippen molar-refractivity contribution in [2.75, 3.05) is 27.2 Å². The number of hydrogen-bond donors (Lipinski definition) is 1. The summed E-state index contributed by atoms with van der Waals surface area (Å²) in [4.78, 5) is 9.24. The molecule has 6 heteroatoms. The largest absolute Gasteiger partial charge is 0.352 e. The van der Waals surface area contributed by atoms with E-state index in [2.05, 4.69) is 95.1 Å². The molecule has 0 unspecified atom stereocenters. The van der Waals surface area contributed by atoms with Crippen LogP contribution < -0.4 is 5.32 Å². The van der Waals surface area contributed by atoms with Crippen LogP contribution in [0, 0.1) is 13.8 Å². The second-order valence-corrected chi connectivity index (χ2v) is 8.86. The van der Waals surface area contributed by atoms with Crippen LogP contribution in [0.2, 0.25) is 0 Å². The summed E-state index contributed by atoms with van der Waals surface area (Å²) in [5, 5.41) is 4.38. The van der Waals surface area contributed by atoms with E-state index in [4.69, 9.17) is 12.2 Å². The van der Waals surface area contributed by atoms with Crippen LogP contribution in [0.3, 0.4) is 0 Å². The van der Waals surface area contributed by atoms with Gasteiger partial charge in [-0.25, -0.2) is 0 Å². The van der Waals surface area contributed by atoms with E-state index in [0.717, 1.165) is 30.3 Å². The number of para-hydroxylation sites is 1. The summed E-state index contributed by atoms with van der Waals surface area (Å²) in [5.74, 6) is 0. The lowest BCUT2D eigenvalue weighted by atomic mass is 9.96. The molecule has 1 fully saturated rings. The molecule has 5 nitrogen and oxygen atoms in total. The Morgan fingerprint density at radius 1 is 1.06 bits per heavy atom. The third-order valence-electron chi connectivity index (χ3n) is 6.01. The Bertz CT molecular complexity index is 1030. The fourth-order valence-electron chi connectivity index (χ4n) is 4.60. The van der Waals surface area contributed by atoms with Crippen molar-refractivity contribution in [2.24, 2.45) is 0 Å². The van der Waals surface area contributed by atoms with Crippen LogP contribution in [-0.2, 0) is 0 Å². The van der Waals surface area contributed by atoms with Gasteiger partial charge in [-0.05, 0) is 89.0 Å². The predicted molar refractivity (Wildman–Crippen MR) is 131 cm³/mol. The molecule has 0 saturated carbocycles. The molecule has 1 saturated heterocycles. The van der Waals surface area contributed by atoms with Gasteiger partial charge >= 0.3 is 0 Å². The molecular formula is C25H31N5S. The molecule has 162 valence electrons. The summed E-state index contributed by atoms with van der Waals surface area (Å²) in [6, 6.07) is 19.1. The molecule has 2 aromatic heterocycles. The zero-order chi connectivity index (χ0) is 22.0. The maximum atomic E-state index is 5.82. The van der Waals surface area contributed by atoms with Crippen molar-refractivity contribution < 1.29 is 0 Å². The van der Waals surface area contributed by atoms with Gasteiger partial charge in [0.25, 0.3) is 0 Å². The molecule has 3 aromatic rings. The van der Waals surface area contributed by atoms with Gasteiger partial charge in [0.2, 0.25) is 0 Å². The number of nitrogens with zero attached hydrogens (tertiary/aromatic N) is 4. The Morgan fingerprint density at radius 2 is 1.81 bits per heavy atom. The van der Waals surface area contributed by atoms with E-state index in [-0.39, 0.29) is 12.1 Å². The standard InChI is InChI=1S/C25H31N5S/c1-18-17-21(19(2)30(18)20-11-6-5-7-12-20)24-23(22-13-8-9-14-26-22)27-25(31)29(24)16-10-15-28(3)4/h5-9,11-14,17,23-24H,10,15-16H2,1-4H3,(H,27,31)/t23-,24+/m0/s1. The van der Waals surface area contributed by atoms with Crippen molar-refractivity contribution in [1.29, 1.82) is 0 Å². The fourth-order valence-corrected chi connectivity index (χ4v) is 4.94. The SMILES string of the molecule is Cc1cc([C@@H]2[C@H](c3ccccn3)NC(=S)N2CCCN(C)C)c(C)n1-c1ccccc1. The Hall–Kier alpha value is -2.70. The topological polar surface area (TPSA) is 36.3 Å². The number of hydrogen-bond acceptors (Lipinski definition) is 3. The van der Waals surface area contributed by atoms with Crippen LogP contribution in [0.4, 0.5) is 0 Å². The first-order chi connectivity index (χ1) is 15.0. The summed E-state index contributed by atoms with van der Waals surface area (Å²) in [5.41, 5.74) is 5.98. The highest BCUT2D eigenvalue weighted by atomic mass is 32.1. The van der Waals surface area contributed by atoms with Crippen LogP contribution in [0.15, 0.2) is 60.8 Å². The molecule has 2 atom stereocenters. The zero-order valence-electron chi connectivity index (χ0n) is 18.7. The summed E-state index contributed by atoms with van der Waals surface area (Å²) in [6.07, 6.45) is 2.91. The number of aryl methyl sites for hydroxylation is 1. The maximum absolute atomic E-state index is 5.82. The van der Waals surface area contributed by atoms with Crippen LogP contribution in [0.25, 0.3) is 5.69 Å². The number of aromatic nitrogens is 2. The van der Waals surface area contributed by atoms with Crippen molar-refractivity contribution in [3.63, 3.8) is 0 Å². The highest BCUT2D eigenvalue weighted by Crippen LogP contribution is 2.41. The normalized spacial score (nSPS) is 18.6. The van der Waals surface area contributed by atoms with Crippen LogP contribution in [0.5, 0.6) is 0 Å². The van der Waals surface area contributed by atoms with E-state index in [1.807, 2.05) is 18.3 Å². The minimum atomic E-state index is 0.0257. The monoisotopic (exact) mass is 433 g/mol. The van der Waals surface area contributed by atoms with Gasteiger partial charge in [-0.1, -0.05) is 24.3 Å². The Kier molecular flexibility index (Phi) is 6.39. The molecule has 0 aliphatic carbocycles. The number of nitrogens with one attached hydrogen (secondary N) is 1. The smallest absolute Gasteiger partial charge is 0.170 e. The summed E-state index contributed by atoms with van der Waals surface area (Å²) < 4.78 is 2.34. The number of benzene rings is 1. The lowest BCUT2D eigenvalue weighted by Crippen LogP contribution is -2.32. The third-order valence-corrected chi connectivity index (χ3v) is 6.36. The average molecular weight is 434 g/mol. The van der Waals surface area contributed by atoms with Crippen molar-refractivity contribution in [3.8, 4) is 5.69 Å². The van der Waals surface area contributed by atoms with Gasteiger partial charge in [0.1, 0.15) is 0 Å². The van der Waals surface area contributed by atoms with Crippen molar-refractivity contribution in [3.05, 3.63) is 83.4 Å². The fraction of sp³-hybridized carbons (Fsp3) is 0.360. The Labute approximate surface area is 190 Å². The number of thiocarbonyl (C=S) groups is 1. The van der Waals surface area contributed by atoms with E-state index in [9.17, 15) is 0 Å². The first-order valence-corrected chi connectivity index (χ1v) is 11.2. The van der Waals surface area contributed by atoms with E-state index in [0.29, 0.717) is 0 Å². The van der Waals surface area contributed by atoms with Crippen molar-refractivity contribution >= 4 is 17.3 Å². The van der Waals surface area contributed by atoms with Gasteiger partial charge in [0.15, 0.2) is 5.11 Å². The molecule has 31 heavy (non-hydrogen) atoms. The second-order valence-electron chi connectivity index (χ2n) is 8.47. The molecule has 1 N–H and O–H groups in total. The summed E-state index contributed by atoms with van der Waals surface area (Å²) in [7, 11) is 4.23. The molecule has 0 radical (unpaired) electrons. The van der Waals surface area contributed by atoms with E-state index >= 15 is 0 Å². The quantitative estimate of drug-likeness (QED) is 0.559. The first-order valence-electron chi connectivity index (χ1n) is 10.8. The summed E-state index contributed by atoms with van der Waals surface area (Å²) in [6.45, 7) is 6.33. The van der Waals surface area contributed by atoms with Gasteiger partial charge in [-0.15, -0.1) is 0 Å². The van der Waals surface area contributed by atoms with Gasteiger partial charge in [-0.3, -0.25) is 4.98 Å². The molecule has 3 heterocycles. The maximum Gasteiger partial charge on any atom is 0.170 e. The highest BCUT2D eigenvalue weighted by molar-refractivity contribution is 7.80. The van der Waals surface area contributed by atoms with Gasteiger partial charge in [0, 0.05) is 29.8 Å². The molecule has 4 rings (SSSR count). The molecular weight excluding hydrogens is 402 g/mol. The molecule has 0 bridgehead atoms. The predicted octanol–water partition coefficient (Wildman–Crippen LogP) is 4.41. The molecule has 1 aromatic carbocycles. The lowest BCUT2D eigenvalue weighted by molar-refractivity contribution is 0.292. The minimum absolute atomic E-state index is 0.0257. The molecule has 1 aliphatic rings. The zero-order valence-corrected chi connectivity index (χ0v) is 19.6. The van der Waals surface area contributed by atoms with Crippen molar-refractivity contribution in [1.82, 2.24) is 24.7 Å². The van der Waals surface area contributed by atoms with E-state index in [1.54, 1.807) is 0 Å². The summed E-state index contributed by atoms with van der Waals surface area (Å²) >= 11 is 5.82. The van der Waals surface area contributed by atoms with Crippen LogP contribution in [0.1, 0.15) is 41.1 Å². The Morgan fingerprint density at radius 3 is 2.48 bits per heavy atom. The number of rotatable bonds is 7. The lowest BCUT2D eigenvalue weighted by Gasteiger charge is -2.28. The number of pyridine rings is 1. The molecule has 0 amide bonds. The van der Waals surface area contributed by atoms with Gasteiger partial charge < -0.3 is 19.7 Å². The molecule has 0 spiro atoms. The highest BCUT2D eigenvalue weighted by Gasteiger charge is 2.41. The first kappa shape index (κ1) is 21.5. The van der Waals surface area contributed by atoms with Crippen LogP contribution >= 0.6 is 12.2 Å². The van der Waals surface area contributed by atoms with Gasteiger partial charge in [-0.2, -0.15) is 0 Å². The second kappa shape index (κ2) is 9.20. The minimum Gasteiger partial charge on any atom is -0.352 e. The average Bonchev–Trinajstić information content (AvgIpc) is 3.24. The van der Waals surface area contributed by atoms with Gasteiger partial charge in [0.05, 0.1) is 17.8 Å². The Balaban J connectivity index is 1.76. The third kappa shape index (κ3) is 4.36. The van der Waals surface area contributed by atoms with E-state index < -0.39 is 0 Å². The van der Waals surface area contributed by atoms with E-state index in [1.165, 1.54) is 22.6 Å². The van der Waals surface area contributed by atoms with Crippen molar-refractivity contribution in [2.45, 2.75) is 32.4 Å². The molecule has 1 aliphatic heterocycles.